The van der Waals surface area contributed by atoms with Crippen LogP contribution in [-0.2, 0) is 11.2 Å². The third kappa shape index (κ3) is 4.86. The summed E-state index contributed by atoms with van der Waals surface area (Å²) in [5, 5.41) is 10.2. The molecule has 1 amide bonds. The minimum atomic E-state index is -0.623. The topological polar surface area (TPSA) is 66.2 Å². The van der Waals surface area contributed by atoms with E-state index >= 15 is 0 Å². The summed E-state index contributed by atoms with van der Waals surface area (Å²) in [7, 11) is 1.64. The van der Waals surface area contributed by atoms with Gasteiger partial charge in [-0.2, -0.15) is 0 Å². The molecule has 1 atom stereocenters. The lowest BCUT2D eigenvalue weighted by atomic mass is 10.1. The summed E-state index contributed by atoms with van der Waals surface area (Å²) in [5.41, 5.74) is 1.14. The fraction of sp³-hybridized carbons (Fsp3) is 0.450. The van der Waals surface area contributed by atoms with Gasteiger partial charge in [-0.05, 0) is 36.2 Å². The van der Waals surface area contributed by atoms with E-state index in [1.807, 2.05) is 29.2 Å². The minimum absolute atomic E-state index is 0.187. The first-order valence-electron chi connectivity index (χ1n) is 9.00. The number of ether oxygens (including phenoxy) is 1. The summed E-state index contributed by atoms with van der Waals surface area (Å²) in [4.78, 5) is 16.5. The molecule has 26 heavy (non-hydrogen) atoms. The smallest absolute Gasteiger partial charge is 0.222 e. The molecule has 3 rings (SSSR count). The Labute approximate surface area is 154 Å². The van der Waals surface area contributed by atoms with Gasteiger partial charge in [0.05, 0.1) is 13.4 Å². The van der Waals surface area contributed by atoms with Crippen LogP contribution in [0.1, 0.15) is 23.8 Å². The van der Waals surface area contributed by atoms with Crippen LogP contribution in [0.15, 0.2) is 47.1 Å². The lowest BCUT2D eigenvalue weighted by Gasteiger charge is -2.35. The standard InChI is InChI=1S/C20H26N2O4/c1-25-17-7-4-16(5-8-17)6-9-20(24)22-12-10-21(11-13-22)15-18(23)19-3-2-14-26-19/h2-5,7-8,14,18,23H,6,9-13,15H2,1H3/t18-/m1/s1. The van der Waals surface area contributed by atoms with Gasteiger partial charge >= 0.3 is 0 Å². The van der Waals surface area contributed by atoms with Crippen LogP contribution in [0.4, 0.5) is 0 Å². The molecule has 1 aromatic carbocycles. The molecule has 0 radical (unpaired) electrons. The summed E-state index contributed by atoms with van der Waals surface area (Å²) in [6, 6.07) is 11.4. The molecule has 0 spiro atoms. The van der Waals surface area contributed by atoms with Gasteiger partial charge in [0.15, 0.2) is 0 Å². The van der Waals surface area contributed by atoms with Crippen LogP contribution in [0.3, 0.4) is 0 Å². The van der Waals surface area contributed by atoms with Gasteiger partial charge < -0.3 is 19.2 Å². The number of benzene rings is 1. The third-order valence-corrected chi connectivity index (χ3v) is 4.81. The number of carbonyl (C=O) groups excluding carboxylic acids is 1. The van der Waals surface area contributed by atoms with Gasteiger partial charge in [0.2, 0.25) is 5.91 Å². The van der Waals surface area contributed by atoms with Crippen LogP contribution < -0.4 is 4.74 Å². The number of furan rings is 1. The molecule has 0 aliphatic carbocycles. The number of amides is 1. The van der Waals surface area contributed by atoms with E-state index in [1.54, 1.807) is 25.5 Å². The van der Waals surface area contributed by atoms with Gasteiger partial charge in [-0.3, -0.25) is 9.69 Å². The lowest BCUT2D eigenvalue weighted by molar-refractivity contribution is -0.133. The number of nitrogens with zero attached hydrogens (tertiary/aromatic N) is 2. The first-order chi connectivity index (χ1) is 12.7. The number of aliphatic hydroxyl groups excluding tert-OH is 1. The molecule has 140 valence electrons. The van der Waals surface area contributed by atoms with Crippen LogP contribution in [-0.4, -0.2) is 60.6 Å². The van der Waals surface area contributed by atoms with E-state index in [-0.39, 0.29) is 5.91 Å². The zero-order valence-electron chi connectivity index (χ0n) is 15.1. The average Bonchev–Trinajstić information content (AvgIpc) is 3.22. The van der Waals surface area contributed by atoms with Gasteiger partial charge in [0.25, 0.3) is 0 Å². The molecule has 1 aliphatic rings. The van der Waals surface area contributed by atoms with E-state index in [0.717, 1.165) is 30.8 Å². The van der Waals surface area contributed by atoms with Crippen molar-refractivity contribution in [3.8, 4) is 5.75 Å². The molecular weight excluding hydrogens is 332 g/mol. The van der Waals surface area contributed by atoms with Crippen molar-refractivity contribution in [3.63, 3.8) is 0 Å². The van der Waals surface area contributed by atoms with E-state index in [1.165, 1.54) is 0 Å². The van der Waals surface area contributed by atoms with Crippen molar-refractivity contribution in [2.75, 3.05) is 39.8 Å². The van der Waals surface area contributed by atoms with Crippen LogP contribution in [0, 0.1) is 0 Å². The molecule has 6 heteroatoms. The Morgan fingerprint density at radius 2 is 1.92 bits per heavy atom. The number of piperazine rings is 1. The van der Waals surface area contributed by atoms with Gasteiger partial charge in [0.1, 0.15) is 17.6 Å². The van der Waals surface area contributed by atoms with Crippen LogP contribution in [0.25, 0.3) is 0 Å². The maximum absolute atomic E-state index is 12.4. The van der Waals surface area contributed by atoms with Crippen LogP contribution in [0.2, 0.25) is 0 Å². The summed E-state index contributed by atoms with van der Waals surface area (Å²) < 4.78 is 10.4. The second-order valence-electron chi connectivity index (χ2n) is 6.56. The molecule has 2 heterocycles. The third-order valence-electron chi connectivity index (χ3n) is 4.81. The number of methoxy groups -OCH3 is 1. The van der Waals surface area contributed by atoms with Crippen molar-refractivity contribution in [1.29, 1.82) is 0 Å². The number of rotatable bonds is 7. The highest BCUT2D eigenvalue weighted by Gasteiger charge is 2.23. The van der Waals surface area contributed by atoms with E-state index in [9.17, 15) is 9.90 Å². The summed E-state index contributed by atoms with van der Waals surface area (Å²) in [5.74, 6) is 1.60. The Kier molecular flexibility index (Phi) is 6.30. The first-order valence-corrected chi connectivity index (χ1v) is 9.00. The minimum Gasteiger partial charge on any atom is -0.497 e. The predicted octanol–water partition coefficient (Wildman–Crippen LogP) is 2.10. The lowest BCUT2D eigenvalue weighted by Crippen LogP contribution is -2.49. The van der Waals surface area contributed by atoms with Gasteiger partial charge in [0, 0.05) is 39.1 Å². The van der Waals surface area contributed by atoms with Crippen LogP contribution >= 0.6 is 0 Å². The molecule has 6 nitrogen and oxygen atoms in total. The Bertz CT molecular complexity index is 676. The van der Waals surface area contributed by atoms with Crippen molar-refractivity contribution in [3.05, 3.63) is 54.0 Å². The van der Waals surface area contributed by atoms with Gasteiger partial charge in [-0.15, -0.1) is 0 Å². The maximum Gasteiger partial charge on any atom is 0.222 e. The zero-order valence-corrected chi connectivity index (χ0v) is 15.1. The highest BCUT2D eigenvalue weighted by molar-refractivity contribution is 5.76. The fourth-order valence-corrected chi connectivity index (χ4v) is 3.20. The van der Waals surface area contributed by atoms with Crippen molar-refractivity contribution in [2.24, 2.45) is 0 Å². The quantitative estimate of drug-likeness (QED) is 0.821. The Hall–Kier alpha value is -2.31. The molecule has 0 unspecified atom stereocenters. The first kappa shape index (κ1) is 18.5. The molecular formula is C20H26N2O4. The van der Waals surface area contributed by atoms with Gasteiger partial charge in [-0.1, -0.05) is 12.1 Å². The number of carbonyl (C=O) groups is 1. The molecule has 1 fully saturated rings. The molecule has 1 aromatic heterocycles. The molecule has 1 N–H and O–H groups in total. The highest BCUT2D eigenvalue weighted by atomic mass is 16.5. The van der Waals surface area contributed by atoms with E-state index in [2.05, 4.69) is 4.90 Å². The number of hydrogen-bond acceptors (Lipinski definition) is 5. The Morgan fingerprint density at radius 1 is 1.19 bits per heavy atom. The Balaban J connectivity index is 1.40. The summed E-state index contributed by atoms with van der Waals surface area (Å²) >= 11 is 0. The largest absolute Gasteiger partial charge is 0.497 e. The van der Waals surface area contributed by atoms with E-state index in [0.29, 0.717) is 31.8 Å². The highest BCUT2D eigenvalue weighted by Crippen LogP contribution is 2.17. The number of hydrogen-bond donors (Lipinski definition) is 1. The van der Waals surface area contributed by atoms with E-state index in [4.69, 9.17) is 9.15 Å². The SMILES string of the molecule is COc1ccc(CCC(=O)N2CCN(C[C@@H](O)c3ccco3)CC2)cc1. The second kappa shape index (κ2) is 8.87. The van der Waals surface area contributed by atoms with Crippen molar-refractivity contribution in [2.45, 2.75) is 18.9 Å². The fourth-order valence-electron chi connectivity index (χ4n) is 3.20. The molecule has 2 aromatic rings. The van der Waals surface area contributed by atoms with Crippen molar-refractivity contribution in [1.82, 2.24) is 9.80 Å². The second-order valence-corrected chi connectivity index (χ2v) is 6.56. The van der Waals surface area contributed by atoms with Crippen LogP contribution in [0.5, 0.6) is 5.75 Å². The van der Waals surface area contributed by atoms with Gasteiger partial charge in [-0.25, -0.2) is 0 Å². The molecule has 0 saturated carbocycles. The van der Waals surface area contributed by atoms with Crippen molar-refractivity contribution >= 4 is 5.91 Å². The monoisotopic (exact) mass is 358 g/mol. The normalized spacial score (nSPS) is 16.5. The number of aliphatic hydroxyl groups is 1. The molecule has 1 aliphatic heterocycles. The maximum atomic E-state index is 12.4. The van der Waals surface area contributed by atoms with Crippen molar-refractivity contribution < 1.29 is 19.1 Å². The predicted molar refractivity (Wildman–Crippen MR) is 98.0 cm³/mol. The average molecular weight is 358 g/mol. The number of aryl methyl sites for hydroxylation is 1. The van der Waals surface area contributed by atoms with E-state index < -0.39 is 6.10 Å². The number of β-amino-alcohol motifs (C(OH)–C–C–N with tert-alkyl or cyclic N) is 1. The Morgan fingerprint density at radius 3 is 2.54 bits per heavy atom. The molecule has 1 saturated heterocycles. The zero-order chi connectivity index (χ0) is 18.4. The molecule has 0 bridgehead atoms. The summed E-state index contributed by atoms with van der Waals surface area (Å²) in [6.45, 7) is 3.47. The summed E-state index contributed by atoms with van der Waals surface area (Å²) in [6.07, 6.45) is 2.20.